The van der Waals surface area contributed by atoms with Crippen LogP contribution in [-0.4, -0.2) is 51.6 Å². The van der Waals surface area contributed by atoms with Gasteiger partial charge in [-0.05, 0) is 48.3 Å². The summed E-state index contributed by atoms with van der Waals surface area (Å²) in [6.45, 7) is 21.3. The van der Waals surface area contributed by atoms with E-state index < -0.39 is 0 Å². The monoisotopic (exact) mass is 593 g/mol. The maximum Gasteiger partial charge on any atom is 0.222 e. The average molecular weight is 594 g/mol. The molecule has 1 fully saturated rings. The molecule has 0 radical (unpaired) electrons. The lowest BCUT2D eigenvalue weighted by molar-refractivity contribution is -0.134. The van der Waals surface area contributed by atoms with Crippen LogP contribution in [0.5, 0.6) is 0 Å². The Labute approximate surface area is 256 Å². The summed E-state index contributed by atoms with van der Waals surface area (Å²) in [4.78, 5) is 28.9. The molecule has 3 rings (SSSR count). The number of piperidine rings is 1. The molecule has 2 heterocycles. The first-order chi connectivity index (χ1) is 19.7. The number of halogens is 1. The van der Waals surface area contributed by atoms with Crippen LogP contribution in [0.1, 0.15) is 113 Å². The van der Waals surface area contributed by atoms with Gasteiger partial charge in [-0.3, -0.25) is 14.3 Å². The lowest BCUT2D eigenvalue weighted by Crippen LogP contribution is -2.47. The summed E-state index contributed by atoms with van der Waals surface area (Å²) in [5, 5.41) is 7.52. The van der Waals surface area contributed by atoms with Gasteiger partial charge in [0, 0.05) is 44.5 Å². The third kappa shape index (κ3) is 16.6. The summed E-state index contributed by atoms with van der Waals surface area (Å²) in [5.41, 5.74) is 1.35. The van der Waals surface area contributed by atoms with E-state index in [0.717, 1.165) is 55.9 Å². The van der Waals surface area contributed by atoms with E-state index in [1.165, 1.54) is 12.8 Å². The van der Waals surface area contributed by atoms with E-state index in [2.05, 4.69) is 43.1 Å². The fourth-order valence-electron chi connectivity index (χ4n) is 4.32. The molecule has 2 aromatic rings. The predicted octanol–water partition coefficient (Wildman–Crippen LogP) is 8.22. The van der Waals surface area contributed by atoms with Crippen LogP contribution in [0.3, 0.4) is 0 Å². The molecule has 1 saturated heterocycles. The highest BCUT2D eigenvalue weighted by Crippen LogP contribution is 2.42. The van der Waals surface area contributed by atoms with Gasteiger partial charge in [0.05, 0.1) is 0 Å². The van der Waals surface area contributed by atoms with Crippen LogP contribution in [-0.2, 0) is 22.6 Å². The molecule has 41 heavy (non-hydrogen) atoms. The first-order valence-corrected chi connectivity index (χ1v) is 16.2. The van der Waals surface area contributed by atoms with Gasteiger partial charge in [0.25, 0.3) is 0 Å². The average Bonchev–Trinajstić information content (AvgIpc) is 3.55. The molecule has 1 aromatic carbocycles. The molecule has 1 aliphatic rings. The van der Waals surface area contributed by atoms with Gasteiger partial charge in [-0.15, -0.1) is 0 Å². The molecule has 1 N–H and O–H groups in total. The van der Waals surface area contributed by atoms with Gasteiger partial charge in [0.2, 0.25) is 11.8 Å². The number of aryl methyl sites for hydroxylation is 1. The Morgan fingerprint density at radius 1 is 1.00 bits per heavy atom. The summed E-state index contributed by atoms with van der Waals surface area (Å²) in [7, 11) is 1.63. The summed E-state index contributed by atoms with van der Waals surface area (Å²) < 4.78 is 1.95. The first-order valence-electron chi connectivity index (χ1n) is 15.8. The topological polar surface area (TPSA) is 80.1 Å². The van der Waals surface area contributed by atoms with Crippen LogP contribution in [0.15, 0.2) is 36.9 Å². The Morgan fingerprint density at radius 3 is 1.95 bits per heavy atom. The van der Waals surface area contributed by atoms with Crippen molar-refractivity contribution in [1.82, 2.24) is 25.0 Å². The third-order valence-corrected chi connectivity index (χ3v) is 7.61. The smallest absolute Gasteiger partial charge is 0.222 e. The maximum atomic E-state index is 12.7. The number of hydrogen-bond acceptors (Lipinski definition) is 4. The number of amides is 2. The second-order valence-electron chi connectivity index (χ2n) is 9.80. The minimum atomic E-state index is 0.0926. The van der Waals surface area contributed by atoms with Gasteiger partial charge in [-0.1, -0.05) is 105 Å². The van der Waals surface area contributed by atoms with E-state index in [-0.39, 0.29) is 17.2 Å². The number of nitrogens with zero attached hydrogens (tertiary/aromatic N) is 4. The normalized spacial score (nSPS) is 13.8. The largest absolute Gasteiger partial charge is 0.359 e. The number of unbranched alkanes of at least 4 members (excludes halogenated alkanes) is 1. The van der Waals surface area contributed by atoms with Crippen LogP contribution < -0.4 is 5.32 Å². The molecule has 1 atom stereocenters. The van der Waals surface area contributed by atoms with Crippen molar-refractivity contribution in [2.45, 2.75) is 120 Å². The minimum Gasteiger partial charge on any atom is -0.359 e. The molecule has 2 amide bonds. The van der Waals surface area contributed by atoms with Gasteiger partial charge < -0.3 is 10.2 Å². The third-order valence-electron chi connectivity index (χ3n) is 7.35. The maximum absolute atomic E-state index is 12.7. The quantitative estimate of drug-likeness (QED) is 0.317. The Bertz CT molecular complexity index is 872. The second kappa shape index (κ2) is 25.3. The Balaban J connectivity index is 0. The lowest BCUT2D eigenvalue weighted by atomic mass is 9.68. The Hall–Kier alpha value is -2.41. The van der Waals surface area contributed by atoms with Crippen molar-refractivity contribution >= 4 is 23.4 Å². The van der Waals surface area contributed by atoms with Gasteiger partial charge >= 0.3 is 0 Å². The van der Waals surface area contributed by atoms with Gasteiger partial charge in [-0.25, -0.2) is 4.98 Å². The number of nitrogens with one attached hydrogen (secondary N) is 1. The number of rotatable bonds is 9. The summed E-state index contributed by atoms with van der Waals surface area (Å²) in [6, 6.07) is 7.76. The molecule has 8 heteroatoms. The zero-order valence-corrected chi connectivity index (χ0v) is 28.6. The van der Waals surface area contributed by atoms with Crippen molar-refractivity contribution in [2.24, 2.45) is 11.3 Å². The molecule has 1 aromatic heterocycles. The Morgan fingerprint density at radius 2 is 1.56 bits per heavy atom. The van der Waals surface area contributed by atoms with Crippen LogP contribution in [0.2, 0.25) is 5.02 Å². The van der Waals surface area contributed by atoms with Crippen LogP contribution in [0.4, 0.5) is 0 Å². The fraction of sp³-hybridized carbons (Fsp3) is 0.697. The molecule has 0 spiro atoms. The van der Waals surface area contributed by atoms with Gasteiger partial charge in [0.15, 0.2) is 0 Å². The molecular formula is C33H60ClN5O2. The number of hydrogen-bond donors (Lipinski definition) is 1. The van der Waals surface area contributed by atoms with E-state index in [9.17, 15) is 9.59 Å². The SMILES string of the molecule is CC.CC.CCC(=O)NC.CCC(C)C1(Cn2cncn2)CCN(C(=O)CCc2ccc(Cl)cc2)CC1.CCCC. The Kier molecular flexibility index (Phi) is 25.1. The summed E-state index contributed by atoms with van der Waals surface area (Å²) in [5.74, 6) is 0.937. The number of aromatic nitrogens is 3. The van der Waals surface area contributed by atoms with E-state index >= 15 is 0 Å². The molecule has 236 valence electrons. The van der Waals surface area contributed by atoms with E-state index in [1.807, 2.05) is 68.5 Å². The van der Waals surface area contributed by atoms with Crippen LogP contribution in [0, 0.1) is 11.3 Å². The van der Waals surface area contributed by atoms with E-state index in [1.54, 1.807) is 19.7 Å². The van der Waals surface area contributed by atoms with Crippen LogP contribution in [0.25, 0.3) is 0 Å². The highest BCUT2D eigenvalue weighted by molar-refractivity contribution is 6.30. The van der Waals surface area contributed by atoms with Gasteiger partial charge in [-0.2, -0.15) is 5.10 Å². The molecule has 7 nitrogen and oxygen atoms in total. The highest BCUT2D eigenvalue weighted by Gasteiger charge is 2.40. The molecule has 1 aliphatic heterocycles. The highest BCUT2D eigenvalue weighted by atomic mass is 35.5. The standard InChI is InChI=1S/C21H29ClN4O.C4H9NO.C4H10.2C2H6/c1-3-17(2)21(14-26-16-23-15-24-26)10-12-25(13-11-21)20(27)9-6-18-4-7-19(22)8-5-18;1-3-4(6)5-2;1-3-4-2;2*1-2/h4-5,7-8,15-17H,3,6,9-14H2,1-2H3;3H2,1-2H3,(H,5,6);3-4H2,1-2H3;2*1-2H3. The van der Waals surface area contributed by atoms with E-state index in [4.69, 9.17) is 11.6 Å². The van der Waals surface area contributed by atoms with Crippen molar-refractivity contribution < 1.29 is 9.59 Å². The summed E-state index contributed by atoms with van der Waals surface area (Å²) >= 11 is 5.93. The molecule has 0 aliphatic carbocycles. The summed E-state index contributed by atoms with van der Waals surface area (Å²) in [6.07, 6.45) is 11.1. The predicted molar refractivity (Wildman–Crippen MR) is 175 cm³/mol. The van der Waals surface area contributed by atoms with Crippen molar-refractivity contribution in [2.75, 3.05) is 20.1 Å². The van der Waals surface area contributed by atoms with Crippen molar-refractivity contribution in [1.29, 1.82) is 0 Å². The lowest BCUT2D eigenvalue weighted by Gasteiger charge is -2.45. The fourth-order valence-corrected chi connectivity index (χ4v) is 4.44. The first kappa shape index (κ1) is 40.7. The number of carbonyl (C=O) groups excluding carboxylic acids is 2. The number of carbonyl (C=O) groups is 2. The van der Waals surface area contributed by atoms with E-state index in [0.29, 0.717) is 18.8 Å². The van der Waals surface area contributed by atoms with Gasteiger partial charge in [0.1, 0.15) is 12.7 Å². The number of likely N-dealkylation sites (tertiary alicyclic amines) is 1. The minimum absolute atomic E-state index is 0.0926. The van der Waals surface area contributed by atoms with Crippen molar-refractivity contribution in [3.8, 4) is 0 Å². The molecule has 0 saturated carbocycles. The van der Waals surface area contributed by atoms with Crippen molar-refractivity contribution in [3.63, 3.8) is 0 Å². The second-order valence-corrected chi connectivity index (χ2v) is 10.2. The van der Waals surface area contributed by atoms with Crippen molar-refractivity contribution in [3.05, 3.63) is 47.5 Å². The number of benzene rings is 1. The zero-order valence-electron chi connectivity index (χ0n) is 27.8. The zero-order chi connectivity index (χ0) is 31.7. The molecule has 0 bridgehead atoms. The van der Waals surface area contributed by atoms with Crippen LogP contribution >= 0.6 is 11.6 Å². The molecular weight excluding hydrogens is 534 g/mol. The molecule has 1 unspecified atom stereocenters.